The standard InChI is InChI=1S/C27H15ClN2O3/c28-25-21(18-7-2-1-3-8-18)10-5-11-24(25)30-26(31)22-13-12-20(15-23(22)27(30)32)33-19-9-4-6-17(14-19)16-29/h1-15H. The van der Waals surface area contributed by atoms with Crippen LogP contribution in [-0.2, 0) is 0 Å². The van der Waals surface area contributed by atoms with Crippen molar-refractivity contribution in [1.82, 2.24) is 0 Å². The van der Waals surface area contributed by atoms with Crippen molar-refractivity contribution in [3.63, 3.8) is 0 Å². The van der Waals surface area contributed by atoms with E-state index in [9.17, 15) is 9.59 Å². The summed E-state index contributed by atoms with van der Waals surface area (Å²) in [6, 6.07) is 28.3. The highest BCUT2D eigenvalue weighted by molar-refractivity contribution is 6.41. The number of carbonyl (C=O) groups is 2. The minimum atomic E-state index is -0.474. The number of ether oxygens (including phenoxy) is 1. The Balaban J connectivity index is 1.50. The van der Waals surface area contributed by atoms with Gasteiger partial charge in [0.15, 0.2) is 0 Å². The van der Waals surface area contributed by atoms with Gasteiger partial charge in [-0.15, -0.1) is 0 Å². The Labute approximate surface area is 195 Å². The number of nitriles is 1. The van der Waals surface area contributed by atoms with E-state index in [0.717, 1.165) is 16.0 Å². The van der Waals surface area contributed by atoms with Gasteiger partial charge in [0.25, 0.3) is 11.8 Å². The number of anilines is 1. The summed E-state index contributed by atoms with van der Waals surface area (Å²) in [7, 11) is 0. The molecule has 0 atom stereocenters. The van der Waals surface area contributed by atoms with Gasteiger partial charge in [-0.1, -0.05) is 60.1 Å². The Morgan fingerprint density at radius 1 is 0.727 bits per heavy atom. The van der Waals surface area contributed by atoms with Gasteiger partial charge in [-0.05, 0) is 48.0 Å². The van der Waals surface area contributed by atoms with Crippen LogP contribution in [-0.4, -0.2) is 11.8 Å². The molecule has 0 saturated carbocycles. The Bertz CT molecular complexity index is 1460. The van der Waals surface area contributed by atoms with E-state index in [0.29, 0.717) is 27.8 Å². The normalized spacial score (nSPS) is 12.4. The summed E-state index contributed by atoms with van der Waals surface area (Å²) in [4.78, 5) is 27.5. The van der Waals surface area contributed by atoms with Gasteiger partial charge >= 0.3 is 0 Å². The first-order chi connectivity index (χ1) is 16.1. The van der Waals surface area contributed by atoms with Crippen molar-refractivity contribution in [2.24, 2.45) is 0 Å². The van der Waals surface area contributed by atoms with Crippen LogP contribution in [0.15, 0.2) is 91.0 Å². The second-order valence-electron chi connectivity index (χ2n) is 7.40. The molecular weight excluding hydrogens is 436 g/mol. The van der Waals surface area contributed by atoms with Crippen LogP contribution in [0, 0.1) is 11.3 Å². The molecule has 0 N–H and O–H groups in total. The van der Waals surface area contributed by atoms with Gasteiger partial charge in [0.05, 0.1) is 33.5 Å². The van der Waals surface area contributed by atoms with Gasteiger partial charge in [-0.25, -0.2) is 4.90 Å². The molecule has 2 amide bonds. The molecule has 4 aromatic rings. The van der Waals surface area contributed by atoms with Crippen LogP contribution in [0.4, 0.5) is 5.69 Å². The van der Waals surface area contributed by atoms with Crippen molar-refractivity contribution in [3.05, 3.63) is 113 Å². The number of rotatable bonds is 4. The molecule has 0 spiro atoms. The first kappa shape index (κ1) is 20.5. The van der Waals surface area contributed by atoms with Crippen molar-refractivity contribution in [2.45, 2.75) is 0 Å². The van der Waals surface area contributed by atoms with Crippen molar-refractivity contribution in [3.8, 4) is 28.7 Å². The van der Waals surface area contributed by atoms with E-state index in [4.69, 9.17) is 21.6 Å². The highest BCUT2D eigenvalue weighted by Crippen LogP contribution is 2.40. The highest BCUT2D eigenvalue weighted by atomic mass is 35.5. The smallest absolute Gasteiger partial charge is 0.266 e. The Morgan fingerprint density at radius 3 is 2.24 bits per heavy atom. The number of amides is 2. The van der Waals surface area contributed by atoms with Crippen LogP contribution in [0.25, 0.3) is 11.1 Å². The Morgan fingerprint density at radius 2 is 1.45 bits per heavy atom. The first-order valence-electron chi connectivity index (χ1n) is 10.1. The number of halogens is 1. The number of hydrogen-bond acceptors (Lipinski definition) is 4. The zero-order valence-electron chi connectivity index (χ0n) is 17.2. The summed E-state index contributed by atoms with van der Waals surface area (Å²) >= 11 is 6.67. The Kier molecular flexibility index (Phi) is 5.14. The van der Waals surface area contributed by atoms with Gasteiger partial charge in [0.1, 0.15) is 11.5 Å². The minimum absolute atomic E-state index is 0.232. The van der Waals surface area contributed by atoms with E-state index < -0.39 is 11.8 Å². The van der Waals surface area contributed by atoms with Gasteiger partial charge < -0.3 is 4.74 Å². The number of carbonyl (C=O) groups excluding carboxylic acids is 2. The fourth-order valence-electron chi connectivity index (χ4n) is 3.80. The summed E-state index contributed by atoms with van der Waals surface area (Å²) < 4.78 is 5.81. The molecule has 0 bridgehead atoms. The molecule has 0 aromatic heterocycles. The van der Waals surface area contributed by atoms with E-state index in [2.05, 4.69) is 6.07 Å². The van der Waals surface area contributed by atoms with Gasteiger partial charge in [-0.2, -0.15) is 5.26 Å². The summed E-state index contributed by atoms with van der Waals surface area (Å²) in [5.74, 6) is -0.0734. The average molecular weight is 451 g/mol. The molecule has 0 saturated heterocycles. The minimum Gasteiger partial charge on any atom is -0.457 e. The molecule has 0 fully saturated rings. The lowest BCUT2D eigenvalue weighted by Gasteiger charge is -2.17. The number of imide groups is 1. The molecule has 4 aromatic carbocycles. The molecular formula is C27H15ClN2O3. The summed E-state index contributed by atoms with van der Waals surface area (Å²) in [5, 5.41) is 9.39. The van der Waals surface area contributed by atoms with Crippen molar-refractivity contribution in [2.75, 3.05) is 4.90 Å². The fourth-order valence-corrected chi connectivity index (χ4v) is 4.12. The van der Waals surface area contributed by atoms with Crippen LogP contribution in [0.1, 0.15) is 26.3 Å². The van der Waals surface area contributed by atoms with Crippen molar-refractivity contribution in [1.29, 1.82) is 5.26 Å². The molecule has 0 aliphatic carbocycles. The molecule has 33 heavy (non-hydrogen) atoms. The lowest BCUT2D eigenvalue weighted by Crippen LogP contribution is -2.29. The molecule has 158 valence electrons. The van der Waals surface area contributed by atoms with E-state index >= 15 is 0 Å². The maximum Gasteiger partial charge on any atom is 0.266 e. The molecule has 6 heteroatoms. The van der Waals surface area contributed by atoms with Crippen LogP contribution in [0.2, 0.25) is 5.02 Å². The molecule has 5 nitrogen and oxygen atoms in total. The largest absolute Gasteiger partial charge is 0.457 e. The third-order valence-electron chi connectivity index (χ3n) is 5.36. The third-order valence-corrected chi connectivity index (χ3v) is 5.76. The molecule has 1 heterocycles. The van der Waals surface area contributed by atoms with Gasteiger partial charge in [-0.3, -0.25) is 9.59 Å². The molecule has 5 rings (SSSR count). The van der Waals surface area contributed by atoms with Crippen LogP contribution in [0.5, 0.6) is 11.5 Å². The average Bonchev–Trinajstić information content (AvgIpc) is 3.09. The first-order valence-corrected chi connectivity index (χ1v) is 10.5. The molecule has 1 aliphatic rings. The zero-order valence-corrected chi connectivity index (χ0v) is 17.9. The number of benzene rings is 4. The lowest BCUT2D eigenvalue weighted by molar-refractivity contribution is 0.0926. The number of hydrogen-bond donors (Lipinski definition) is 0. The summed E-state index contributed by atoms with van der Waals surface area (Å²) in [6.07, 6.45) is 0. The second kappa shape index (κ2) is 8.27. The third kappa shape index (κ3) is 3.63. The van der Waals surface area contributed by atoms with Gasteiger partial charge in [0, 0.05) is 5.56 Å². The Hall–Kier alpha value is -4.40. The van der Waals surface area contributed by atoms with Crippen LogP contribution < -0.4 is 9.64 Å². The SMILES string of the molecule is N#Cc1cccc(Oc2ccc3c(c2)C(=O)N(c2cccc(-c4ccccc4)c2Cl)C3=O)c1. The quantitative estimate of drug-likeness (QED) is 0.334. The predicted octanol–water partition coefficient (Wildman–Crippen LogP) is 6.47. The maximum atomic E-state index is 13.3. The monoisotopic (exact) mass is 450 g/mol. The van der Waals surface area contributed by atoms with E-state index in [1.165, 1.54) is 6.07 Å². The van der Waals surface area contributed by atoms with E-state index in [1.807, 2.05) is 36.4 Å². The van der Waals surface area contributed by atoms with Crippen LogP contribution >= 0.6 is 11.6 Å². The van der Waals surface area contributed by atoms with E-state index in [-0.39, 0.29) is 11.1 Å². The summed E-state index contributed by atoms with van der Waals surface area (Å²) in [5.41, 5.74) is 2.91. The lowest BCUT2D eigenvalue weighted by atomic mass is 10.0. The summed E-state index contributed by atoms with van der Waals surface area (Å²) in [6.45, 7) is 0. The molecule has 0 unspecified atom stereocenters. The topological polar surface area (TPSA) is 70.4 Å². The van der Waals surface area contributed by atoms with Crippen molar-refractivity contribution >= 4 is 29.1 Å². The number of nitrogens with zero attached hydrogens (tertiary/aromatic N) is 2. The molecule has 0 radical (unpaired) electrons. The number of fused-ring (bicyclic) bond motifs is 1. The predicted molar refractivity (Wildman–Crippen MR) is 126 cm³/mol. The van der Waals surface area contributed by atoms with Crippen molar-refractivity contribution < 1.29 is 14.3 Å². The van der Waals surface area contributed by atoms with Gasteiger partial charge in [0.2, 0.25) is 0 Å². The maximum absolute atomic E-state index is 13.3. The fraction of sp³-hybridized carbons (Fsp3) is 0. The molecule has 1 aliphatic heterocycles. The second-order valence-corrected chi connectivity index (χ2v) is 7.78. The zero-order chi connectivity index (χ0) is 22.9. The van der Waals surface area contributed by atoms with E-state index in [1.54, 1.807) is 48.5 Å². The highest BCUT2D eigenvalue weighted by Gasteiger charge is 2.38. The van der Waals surface area contributed by atoms with Crippen LogP contribution in [0.3, 0.4) is 0 Å².